The molecule has 0 heterocycles. The molecule has 0 saturated heterocycles. The molecule has 0 aliphatic heterocycles. The van der Waals surface area contributed by atoms with E-state index in [-0.39, 0.29) is 0 Å². The zero-order chi connectivity index (χ0) is 13.1. The van der Waals surface area contributed by atoms with Crippen LogP contribution in [0.2, 0.25) is 0 Å². The lowest BCUT2D eigenvalue weighted by molar-refractivity contribution is 0.570. The van der Waals surface area contributed by atoms with Crippen molar-refractivity contribution in [1.29, 1.82) is 0 Å². The average molecular weight is 331 g/mol. The first-order chi connectivity index (χ1) is 8.61. The maximum absolute atomic E-state index is 5.87. The molecule has 1 fully saturated rings. The number of benzene rings is 1. The molecule has 0 amide bonds. The molecule has 0 aromatic heterocycles. The molecule has 1 saturated carbocycles. The first-order valence-electron chi connectivity index (χ1n) is 6.73. The third kappa shape index (κ3) is 3.64. The van der Waals surface area contributed by atoms with Gasteiger partial charge in [0.25, 0.3) is 0 Å². The molecule has 1 nitrogen and oxygen atoms in total. The van der Waals surface area contributed by atoms with Crippen LogP contribution in [0, 0.1) is 5.92 Å². The molecule has 100 valence electrons. The smallest absolute Gasteiger partial charge is 0.0513 e. The van der Waals surface area contributed by atoms with Crippen LogP contribution in [-0.2, 0) is 5.88 Å². The zero-order valence-electron chi connectivity index (χ0n) is 11.1. The topological polar surface area (TPSA) is 3.24 Å². The van der Waals surface area contributed by atoms with E-state index >= 15 is 0 Å². The summed E-state index contributed by atoms with van der Waals surface area (Å²) in [6, 6.07) is 7.24. The Hall–Kier alpha value is -0.210. The van der Waals surface area contributed by atoms with Crippen molar-refractivity contribution in [3.63, 3.8) is 0 Å². The molecular formula is C15H21BrClN. The Morgan fingerprint density at radius 3 is 2.61 bits per heavy atom. The second-order valence-electron chi connectivity index (χ2n) is 5.53. The van der Waals surface area contributed by atoms with Crippen LogP contribution in [0.5, 0.6) is 0 Å². The van der Waals surface area contributed by atoms with Crippen molar-refractivity contribution >= 4 is 33.2 Å². The summed E-state index contributed by atoms with van der Waals surface area (Å²) in [6.07, 6.45) is 3.92. The predicted molar refractivity (Wildman–Crippen MR) is 83.5 cm³/mol. The van der Waals surface area contributed by atoms with Crippen LogP contribution in [-0.4, -0.2) is 12.6 Å². The molecule has 0 atom stereocenters. The van der Waals surface area contributed by atoms with Crippen LogP contribution in [0.3, 0.4) is 0 Å². The molecule has 1 aliphatic rings. The highest BCUT2D eigenvalue weighted by atomic mass is 79.9. The largest absolute Gasteiger partial charge is 0.368 e. The van der Waals surface area contributed by atoms with Gasteiger partial charge in [-0.05, 0) is 58.8 Å². The Balaban J connectivity index is 2.14. The van der Waals surface area contributed by atoms with E-state index in [1.165, 1.54) is 35.0 Å². The highest BCUT2D eigenvalue weighted by Gasteiger charge is 2.30. The van der Waals surface area contributed by atoms with Gasteiger partial charge in [0, 0.05) is 22.9 Å². The van der Waals surface area contributed by atoms with Crippen molar-refractivity contribution in [2.45, 2.75) is 45.0 Å². The van der Waals surface area contributed by atoms with Crippen molar-refractivity contribution in [3.8, 4) is 0 Å². The monoisotopic (exact) mass is 329 g/mol. The van der Waals surface area contributed by atoms with E-state index in [0.717, 1.165) is 18.5 Å². The fraction of sp³-hybridized carbons (Fsp3) is 0.600. The number of halogens is 2. The van der Waals surface area contributed by atoms with E-state index in [2.05, 4.69) is 52.9 Å². The SMILES string of the molecule is CC(C)CCN(c1ccc(CCl)cc1Br)C1CC1. The lowest BCUT2D eigenvalue weighted by Crippen LogP contribution is -2.28. The summed E-state index contributed by atoms with van der Waals surface area (Å²) in [6.45, 7) is 5.73. The van der Waals surface area contributed by atoms with E-state index in [0.29, 0.717) is 5.88 Å². The van der Waals surface area contributed by atoms with E-state index in [4.69, 9.17) is 11.6 Å². The summed E-state index contributed by atoms with van der Waals surface area (Å²) in [5.41, 5.74) is 2.50. The minimum absolute atomic E-state index is 0.578. The van der Waals surface area contributed by atoms with Gasteiger partial charge in [-0.2, -0.15) is 0 Å². The Bertz CT molecular complexity index is 401. The van der Waals surface area contributed by atoms with Gasteiger partial charge in [-0.25, -0.2) is 0 Å². The minimum Gasteiger partial charge on any atom is -0.368 e. The van der Waals surface area contributed by atoms with Crippen molar-refractivity contribution in [2.24, 2.45) is 5.92 Å². The molecule has 0 radical (unpaired) electrons. The van der Waals surface area contributed by atoms with Crippen LogP contribution in [0.25, 0.3) is 0 Å². The molecule has 3 heteroatoms. The summed E-state index contributed by atoms with van der Waals surface area (Å²) in [5, 5.41) is 0. The molecule has 2 rings (SSSR count). The number of rotatable bonds is 6. The van der Waals surface area contributed by atoms with Crippen molar-refractivity contribution in [3.05, 3.63) is 28.2 Å². The normalized spacial score (nSPS) is 15.2. The van der Waals surface area contributed by atoms with E-state index in [9.17, 15) is 0 Å². The summed E-state index contributed by atoms with van der Waals surface area (Å²) in [7, 11) is 0. The highest BCUT2D eigenvalue weighted by molar-refractivity contribution is 9.10. The maximum Gasteiger partial charge on any atom is 0.0513 e. The quantitative estimate of drug-likeness (QED) is 0.648. The molecule has 0 unspecified atom stereocenters. The summed E-state index contributed by atoms with van der Waals surface area (Å²) < 4.78 is 1.18. The molecule has 0 spiro atoms. The Morgan fingerprint density at radius 2 is 2.11 bits per heavy atom. The van der Waals surface area contributed by atoms with E-state index < -0.39 is 0 Å². The van der Waals surface area contributed by atoms with Crippen molar-refractivity contribution < 1.29 is 0 Å². The summed E-state index contributed by atoms with van der Waals surface area (Å²) in [5.74, 6) is 1.33. The second-order valence-corrected chi connectivity index (χ2v) is 6.65. The zero-order valence-corrected chi connectivity index (χ0v) is 13.5. The molecular weight excluding hydrogens is 310 g/mol. The Kier molecular flexibility index (Phi) is 4.97. The first-order valence-corrected chi connectivity index (χ1v) is 8.05. The minimum atomic E-state index is 0.578. The van der Waals surface area contributed by atoms with Gasteiger partial charge >= 0.3 is 0 Å². The van der Waals surface area contributed by atoms with Crippen LogP contribution < -0.4 is 4.90 Å². The number of hydrogen-bond acceptors (Lipinski definition) is 1. The third-order valence-electron chi connectivity index (χ3n) is 3.41. The van der Waals surface area contributed by atoms with E-state index in [1.807, 2.05) is 0 Å². The second kappa shape index (κ2) is 6.29. The van der Waals surface area contributed by atoms with Crippen molar-refractivity contribution in [2.75, 3.05) is 11.4 Å². The van der Waals surface area contributed by atoms with Gasteiger partial charge in [0.15, 0.2) is 0 Å². The van der Waals surface area contributed by atoms with Crippen LogP contribution >= 0.6 is 27.5 Å². The molecule has 0 N–H and O–H groups in total. The van der Waals surface area contributed by atoms with Gasteiger partial charge in [0.1, 0.15) is 0 Å². The highest BCUT2D eigenvalue weighted by Crippen LogP contribution is 2.36. The standard InChI is InChI=1S/C15H21BrClN/c1-11(2)7-8-18(13-4-5-13)15-6-3-12(10-17)9-14(15)16/h3,6,9,11,13H,4-5,7-8,10H2,1-2H3. The van der Waals surface area contributed by atoms with Crippen LogP contribution in [0.4, 0.5) is 5.69 Å². The van der Waals surface area contributed by atoms with Gasteiger partial charge in [-0.15, -0.1) is 11.6 Å². The number of hydrogen-bond donors (Lipinski definition) is 0. The third-order valence-corrected chi connectivity index (χ3v) is 4.35. The summed E-state index contributed by atoms with van der Waals surface area (Å²) in [4.78, 5) is 2.56. The molecule has 1 aromatic rings. The first kappa shape index (κ1) is 14.2. The Morgan fingerprint density at radius 1 is 1.39 bits per heavy atom. The Labute approximate surface area is 124 Å². The van der Waals surface area contributed by atoms with Crippen molar-refractivity contribution in [1.82, 2.24) is 0 Å². The van der Waals surface area contributed by atoms with Crippen LogP contribution in [0.1, 0.15) is 38.7 Å². The number of nitrogens with zero attached hydrogens (tertiary/aromatic N) is 1. The van der Waals surface area contributed by atoms with Gasteiger partial charge in [0.05, 0.1) is 5.69 Å². The van der Waals surface area contributed by atoms with Crippen LogP contribution in [0.15, 0.2) is 22.7 Å². The van der Waals surface area contributed by atoms with Gasteiger partial charge < -0.3 is 4.90 Å². The molecule has 0 bridgehead atoms. The lowest BCUT2D eigenvalue weighted by Gasteiger charge is -2.27. The fourth-order valence-electron chi connectivity index (χ4n) is 2.15. The lowest BCUT2D eigenvalue weighted by atomic mass is 10.1. The van der Waals surface area contributed by atoms with Gasteiger partial charge in [-0.3, -0.25) is 0 Å². The predicted octanol–water partition coefficient (Wildman–Crippen LogP) is 5.20. The van der Waals surface area contributed by atoms with E-state index in [1.54, 1.807) is 0 Å². The molecule has 18 heavy (non-hydrogen) atoms. The molecule has 1 aliphatic carbocycles. The molecule has 1 aromatic carbocycles. The van der Waals surface area contributed by atoms with Gasteiger partial charge in [-0.1, -0.05) is 19.9 Å². The average Bonchev–Trinajstić information content (AvgIpc) is 3.15. The maximum atomic E-state index is 5.87. The summed E-state index contributed by atoms with van der Waals surface area (Å²) >= 11 is 9.57. The number of anilines is 1. The fourth-order valence-corrected chi connectivity index (χ4v) is 2.97. The van der Waals surface area contributed by atoms with Gasteiger partial charge in [0.2, 0.25) is 0 Å². The number of alkyl halides is 1.